The highest BCUT2D eigenvalue weighted by Crippen LogP contribution is 2.18. The number of hydrogen-bond donors (Lipinski definition) is 0. The Bertz CT molecular complexity index is 859. The zero-order valence-corrected chi connectivity index (χ0v) is 13.3. The van der Waals surface area contributed by atoms with Crippen molar-refractivity contribution >= 4 is 23.6 Å². The monoisotopic (exact) mass is 340 g/mol. The lowest BCUT2D eigenvalue weighted by Gasteiger charge is -1.98. The molecule has 0 N–H and O–H groups in total. The molecule has 0 fully saturated rings. The minimum absolute atomic E-state index is 0.0917. The molecule has 3 rings (SSSR count). The van der Waals surface area contributed by atoms with E-state index >= 15 is 0 Å². The smallest absolute Gasteiger partial charge is 0.331 e. The molecule has 0 spiro atoms. The summed E-state index contributed by atoms with van der Waals surface area (Å²) in [5, 5.41) is 8.35. The Hall–Kier alpha value is -2.92. The maximum Gasteiger partial charge on any atom is 0.331 e. The summed E-state index contributed by atoms with van der Waals surface area (Å²) in [6, 6.07) is 16.6. The Balaban J connectivity index is 1.57. The van der Waals surface area contributed by atoms with Crippen LogP contribution in [0, 0.1) is 0 Å². The van der Waals surface area contributed by atoms with Gasteiger partial charge in [0.1, 0.15) is 0 Å². The molecule has 0 unspecified atom stereocenters. The second-order valence-electron chi connectivity index (χ2n) is 4.83. The van der Waals surface area contributed by atoms with E-state index in [1.807, 2.05) is 42.5 Å². The standard InChI is InChI=1S/C18H13ClN2O3/c19-15-9-5-4-6-13(15)10-11-17(22)23-12-16-20-21-18(24-16)14-7-2-1-3-8-14/h1-11H,12H2. The number of nitrogens with zero attached hydrogens (tertiary/aromatic N) is 2. The van der Waals surface area contributed by atoms with Gasteiger partial charge in [-0.1, -0.05) is 48.0 Å². The van der Waals surface area contributed by atoms with Gasteiger partial charge in [-0.25, -0.2) is 4.79 Å². The fourth-order valence-corrected chi connectivity index (χ4v) is 2.16. The summed E-state index contributed by atoms with van der Waals surface area (Å²) in [6.07, 6.45) is 2.89. The second kappa shape index (κ2) is 7.57. The number of esters is 1. The van der Waals surface area contributed by atoms with E-state index in [0.717, 1.165) is 11.1 Å². The molecule has 0 amide bonds. The van der Waals surface area contributed by atoms with Crippen LogP contribution in [0.2, 0.25) is 5.02 Å². The van der Waals surface area contributed by atoms with E-state index in [4.69, 9.17) is 20.8 Å². The minimum Gasteiger partial charge on any atom is -0.452 e. The van der Waals surface area contributed by atoms with Crippen LogP contribution in [0.3, 0.4) is 0 Å². The van der Waals surface area contributed by atoms with Crippen molar-refractivity contribution in [2.24, 2.45) is 0 Å². The predicted molar refractivity (Wildman–Crippen MR) is 90.0 cm³/mol. The highest BCUT2D eigenvalue weighted by Gasteiger charge is 2.09. The van der Waals surface area contributed by atoms with Gasteiger partial charge in [0, 0.05) is 16.7 Å². The van der Waals surface area contributed by atoms with Crippen molar-refractivity contribution in [2.45, 2.75) is 6.61 Å². The largest absolute Gasteiger partial charge is 0.452 e. The summed E-state index contributed by atoms with van der Waals surface area (Å²) in [5.74, 6) is 0.0935. The van der Waals surface area contributed by atoms with Gasteiger partial charge in [0.2, 0.25) is 5.89 Å². The summed E-state index contributed by atoms with van der Waals surface area (Å²) in [5.41, 5.74) is 1.54. The zero-order chi connectivity index (χ0) is 16.8. The molecule has 3 aromatic rings. The first-order valence-corrected chi connectivity index (χ1v) is 7.57. The van der Waals surface area contributed by atoms with Gasteiger partial charge < -0.3 is 9.15 Å². The van der Waals surface area contributed by atoms with Crippen molar-refractivity contribution in [3.63, 3.8) is 0 Å². The van der Waals surface area contributed by atoms with E-state index < -0.39 is 5.97 Å². The molecular formula is C18H13ClN2O3. The van der Waals surface area contributed by atoms with E-state index in [0.29, 0.717) is 10.9 Å². The van der Waals surface area contributed by atoms with Crippen LogP contribution in [-0.2, 0) is 16.1 Å². The van der Waals surface area contributed by atoms with Gasteiger partial charge >= 0.3 is 5.97 Å². The lowest BCUT2D eigenvalue weighted by Crippen LogP contribution is -2.00. The summed E-state index contributed by atoms with van der Waals surface area (Å²) < 4.78 is 10.5. The lowest BCUT2D eigenvalue weighted by molar-refractivity contribution is -0.139. The van der Waals surface area contributed by atoms with E-state index in [1.165, 1.54) is 6.08 Å². The maximum atomic E-state index is 11.7. The summed E-state index contributed by atoms with van der Waals surface area (Å²) in [4.78, 5) is 11.7. The van der Waals surface area contributed by atoms with Crippen LogP contribution >= 0.6 is 11.6 Å². The number of ether oxygens (including phenoxy) is 1. The Morgan fingerprint density at radius 2 is 1.83 bits per heavy atom. The second-order valence-corrected chi connectivity index (χ2v) is 5.24. The molecule has 24 heavy (non-hydrogen) atoms. The average molecular weight is 341 g/mol. The van der Waals surface area contributed by atoms with Crippen molar-refractivity contribution in [1.82, 2.24) is 10.2 Å². The Labute approximate surface area is 143 Å². The number of hydrogen-bond acceptors (Lipinski definition) is 5. The maximum absolute atomic E-state index is 11.7. The molecule has 5 nitrogen and oxygen atoms in total. The van der Waals surface area contributed by atoms with Crippen LogP contribution in [0.15, 0.2) is 65.1 Å². The molecule has 2 aromatic carbocycles. The first kappa shape index (κ1) is 16.0. The number of rotatable bonds is 5. The van der Waals surface area contributed by atoms with Crippen molar-refractivity contribution in [1.29, 1.82) is 0 Å². The third-order valence-electron chi connectivity index (χ3n) is 3.13. The third kappa shape index (κ3) is 4.08. The average Bonchev–Trinajstić information content (AvgIpc) is 3.09. The molecule has 1 heterocycles. The molecule has 0 radical (unpaired) electrons. The van der Waals surface area contributed by atoms with Gasteiger partial charge in [0.15, 0.2) is 6.61 Å². The molecule has 0 aliphatic carbocycles. The van der Waals surface area contributed by atoms with E-state index in [2.05, 4.69) is 10.2 Å². The molecule has 0 saturated carbocycles. The van der Waals surface area contributed by atoms with Crippen molar-refractivity contribution in [3.05, 3.63) is 77.2 Å². The van der Waals surface area contributed by atoms with Gasteiger partial charge in [0.25, 0.3) is 5.89 Å². The van der Waals surface area contributed by atoms with E-state index in [9.17, 15) is 4.79 Å². The summed E-state index contributed by atoms with van der Waals surface area (Å²) in [7, 11) is 0. The molecule has 0 atom stereocenters. The van der Waals surface area contributed by atoms with Gasteiger partial charge in [-0.15, -0.1) is 10.2 Å². The molecule has 0 aliphatic rings. The number of benzene rings is 2. The quantitative estimate of drug-likeness (QED) is 0.515. The first-order chi connectivity index (χ1) is 11.7. The highest BCUT2D eigenvalue weighted by molar-refractivity contribution is 6.32. The zero-order valence-electron chi connectivity index (χ0n) is 12.6. The minimum atomic E-state index is -0.519. The number of carbonyl (C=O) groups is 1. The Morgan fingerprint density at radius 3 is 2.62 bits per heavy atom. The SMILES string of the molecule is O=C(C=Cc1ccccc1Cl)OCc1nnc(-c2ccccc2)o1. The Kier molecular flexibility index (Phi) is 5.03. The fraction of sp³-hybridized carbons (Fsp3) is 0.0556. The van der Waals surface area contributed by atoms with Crippen molar-refractivity contribution < 1.29 is 13.9 Å². The molecule has 0 aliphatic heterocycles. The van der Waals surface area contributed by atoms with Gasteiger partial charge in [0.05, 0.1) is 0 Å². The highest BCUT2D eigenvalue weighted by atomic mass is 35.5. The molecular weight excluding hydrogens is 328 g/mol. The molecule has 6 heteroatoms. The number of aromatic nitrogens is 2. The van der Waals surface area contributed by atoms with Crippen LogP contribution in [0.1, 0.15) is 11.5 Å². The van der Waals surface area contributed by atoms with Gasteiger partial charge in [-0.2, -0.15) is 0 Å². The lowest BCUT2D eigenvalue weighted by atomic mass is 10.2. The number of carbonyl (C=O) groups excluding carboxylic acids is 1. The molecule has 0 bridgehead atoms. The van der Waals surface area contributed by atoms with Crippen LogP contribution in [-0.4, -0.2) is 16.2 Å². The summed E-state index contributed by atoms with van der Waals surface area (Å²) in [6.45, 7) is -0.0917. The van der Waals surface area contributed by atoms with Crippen LogP contribution < -0.4 is 0 Å². The normalized spacial score (nSPS) is 10.9. The number of halogens is 1. The third-order valence-corrected chi connectivity index (χ3v) is 3.47. The Morgan fingerprint density at radius 1 is 1.08 bits per heavy atom. The van der Waals surface area contributed by atoms with Crippen LogP contribution in [0.25, 0.3) is 17.5 Å². The molecule has 1 aromatic heterocycles. The molecule has 0 saturated heterocycles. The van der Waals surface area contributed by atoms with Crippen LogP contribution in [0.4, 0.5) is 0 Å². The van der Waals surface area contributed by atoms with Crippen molar-refractivity contribution in [2.75, 3.05) is 0 Å². The van der Waals surface area contributed by atoms with Gasteiger partial charge in [-0.3, -0.25) is 0 Å². The van der Waals surface area contributed by atoms with E-state index in [1.54, 1.807) is 18.2 Å². The first-order valence-electron chi connectivity index (χ1n) is 7.19. The summed E-state index contributed by atoms with van der Waals surface area (Å²) >= 11 is 6.01. The fourth-order valence-electron chi connectivity index (χ4n) is 1.96. The predicted octanol–water partition coefficient (Wildman–Crippen LogP) is 4.15. The van der Waals surface area contributed by atoms with Crippen molar-refractivity contribution in [3.8, 4) is 11.5 Å². The van der Waals surface area contributed by atoms with E-state index in [-0.39, 0.29) is 12.5 Å². The topological polar surface area (TPSA) is 65.2 Å². The van der Waals surface area contributed by atoms with Crippen LogP contribution in [0.5, 0.6) is 0 Å². The van der Waals surface area contributed by atoms with Gasteiger partial charge in [-0.05, 0) is 29.8 Å². The molecule has 120 valence electrons.